The summed E-state index contributed by atoms with van der Waals surface area (Å²) in [6.07, 6.45) is 0. The van der Waals surface area contributed by atoms with Gasteiger partial charge in [0.1, 0.15) is 0 Å². The molecule has 0 unspecified atom stereocenters. The van der Waals surface area contributed by atoms with Crippen LogP contribution in [0.25, 0.3) is 0 Å². The molecule has 0 spiro atoms. The van der Waals surface area contributed by atoms with Gasteiger partial charge in [0.15, 0.2) is 0 Å². The van der Waals surface area contributed by atoms with Crippen LogP contribution in [0.4, 0.5) is 0 Å². The molecule has 0 aliphatic rings. The van der Waals surface area contributed by atoms with Crippen molar-refractivity contribution in [3.05, 3.63) is 0 Å². The summed E-state index contributed by atoms with van der Waals surface area (Å²) in [7, 11) is 10.1. The zero-order chi connectivity index (χ0) is 13.5. The molecule has 0 aliphatic heterocycles. The van der Waals surface area contributed by atoms with E-state index in [1.165, 1.54) is 0 Å². The molecule has 17 heavy (non-hydrogen) atoms. The molecule has 0 aliphatic carbocycles. The van der Waals surface area contributed by atoms with Gasteiger partial charge in [-0.15, -0.1) is 0 Å². The van der Waals surface area contributed by atoms with Gasteiger partial charge in [-0.05, 0) is 49.1 Å². The third kappa shape index (κ3) is 4.89. The minimum Gasteiger partial charge on any atom is -0.325 e. The Bertz CT molecular complexity index is 192. The van der Waals surface area contributed by atoms with E-state index in [0.29, 0.717) is 13.2 Å². The lowest BCUT2D eigenvalue weighted by Gasteiger charge is -2.44. The van der Waals surface area contributed by atoms with E-state index in [1.54, 1.807) is 0 Å². The average molecular weight is 247 g/mol. The van der Waals surface area contributed by atoms with Gasteiger partial charge in [-0.2, -0.15) is 0 Å². The van der Waals surface area contributed by atoms with Crippen LogP contribution in [0.2, 0.25) is 0 Å². The van der Waals surface area contributed by atoms with Crippen molar-refractivity contribution in [2.75, 3.05) is 61.5 Å². The molecule has 0 radical (unpaired) electrons. The summed E-state index contributed by atoms with van der Waals surface area (Å²) >= 11 is 0. The van der Waals surface area contributed by atoms with Gasteiger partial charge in [0.2, 0.25) is 0 Å². The second-order valence-electron chi connectivity index (χ2n) is 4.53. The Hall–Kier alpha value is -0.200. The molecule has 0 heterocycles. The molecule has 0 bridgehead atoms. The van der Waals surface area contributed by atoms with Crippen molar-refractivity contribution >= 4 is 0 Å². The highest BCUT2D eigenvalue weighted by molar-refractivity contribution is 4.68. The van der Waals surface area contributed by atoms with E-state index in [-0.39, 0.29) is 0 Å². The summed E-state index contributed by atoms with van der Waals surface area (Å²) in [6.45, 7) is 7.04. The van der Waals surface area contributed by atoms with Gasteiger partial charge >= 0.3 is 0 Å². The highest BCUT2D eigenvalue weighted by Crippen LogP contribution is 2.20. The predicted molar refractivity (Wildman–Crippen MR) is 70.9 cm³/mol. The highest BCUT2D eigenvalue weighted by Gasteiger charge is 2.39. The Morgan fingerprint density at radius 1 is 0.824 bits per heavy atom. The Labute approximate surface area is 106 Å². The first kappa shape index (κ1) is 16.8. The minimum atomic E-state index is -0.764. The lowest BCUT2D eigenvalue weighted by molar-refractivity contribution is -0.374. The summed E-state index contributed by atoms with van der Waals surface area (Å²) in [4.78, 5) is 6.21. The van der Waals surface area contributed by atoms with Gasteiger partial charge in [-0.3, -0.25) is 0 Å². The Kier molecular flexibility index (Phi) is 7.91. The predicted octanol–water partition coefficient (Wildman–Crippen LogP) is 0.726. The topological polar surface area (TPSA) is 28.2 Å². The van der Waals surface area contributed by atoms with Crippen molar-refractivity contribution in [3.8, 4) is 0 Å². The van der Waals surface area contributed by atoms with E-state index >= 15 is 0 Å². The lowest BCUT2D eigenvalue weighted by atomic mass is 10.4. The molecule has 0 aromatic heterocycles. The van der Waals surface area contributed by atoms with Crippen LogP contribution in [0.5, 0.6) is 0 Å². The fourth-order valence-corrected chi connectivity index (χ4v) is 1.73. The van der Waals surface area contributed by atoms with Crippen molar-refractivity contribution in [1.29, 1.82) is 0 Å². The first-order valence-corrected chi connectivity index (χ1v) is 6.22. The molecule has 0 saturated heterocycles. The second kappa shape index (κ2) is 8.00. The molecule has 0 aromatic rings. The van der Waals surface area contributed by atoms with Gasteiger partial charge in [-0.1, -0.05) is 0 Å². The van der Waals surface area contributed by atoms with E-state index in [1.807, 2.05) is 39.9 Å². The smallest absolute Gasteiger partial charge is 0.296 e. The van der Waals surface area contributed by atoms with Gasteiger partial charge in [0, 0.05) is 26.3 Å². The van der Waals surface area contributed by atoms with Crippen LogP contribution < -0.4 is 0 Å². The van der Waals surface area contributed by atoms with Crippen molar-refractivity contribution < 1.29 is 9.47 Å². The van der Waals surface area contributed by atoms with E-state index < -0.39 is 6.03 Å². The molecule has 0 aromatic carbocycles. The van der Waals surface area contributed by atoms with E-state index in [2.05, 4.69) is 23.9 Å². The maximum atomic E-state index is 5.84. The Morgan fingerprint density at radius 2 is 1.29 bits per heavy atom. The SMILES string of the molecule is CCOC(OCC)(N(C)C)N(C)CCN(C)C. The van der Waals surface area contributed by atoms with Gasteiger partial charge in [0.05, 0.1) is 0 Å². The third-order valence-electron chi connectivity index (χ3n) is 2.59. The fraction of sp³-hybridized carbons (Fsp3) is 1.00. The molecule has 104 valence electrons. The molecule has 5 heteroatoms. The number of nitrogens with zero attached hydrogens (tertiary/aromatic N) is 3. The van der Waals surface area contributed by atoms with Gasteiger partial charge in [0.25, 0.3) is 6.03 Å². The van der Waals surface area contributed by atoms with Gasteiger partial charge in [-0.25, -0.2) is 9.80 Å². The summed E-state index contributed by atoms with van der Waals surface area (Å²) in [5.74, 6) is 0. The average Bonchev–Trinajstić information content (AvgIpc) is 2.24. The summed E-state index contributed by atoms with van der Waals surface area (Å²) < 4.78 is 11.7. The van der Waals surface area contributed by atoms with Crippen LogP contribution >= 0.6 is 0 Å². The highest BCUT2D eigenvalue weighted by atomic mass is 16.7. The van der Waals surface area contributed by atoms with Crippen LogP contribution in [0.15, 0.2) is 0 Å². The van der Waals surface area contributed by atoms with Crippen LogP contribution in [-0.4, -0.2) is 82.3 Å². The molecule has 0 amide bonds. The van der Waals surface area contributed by atoms with E-state index in [9.17, 15) is 0 Å². The van der Waals surface area contributed by atoms with Crippen molar-refractivity contribution in [2.24, 2.45) is 0 Å². The molecule has 0 rings (SSSR count). The zero-order valence-corrected chi connectivity index (χ0v) is 12.5. The van der Waals surface area contributed by atoms with E-state index in [4.69, 9.17) is 9.47 Å². The molecule has 0 fully saturated rings. The van der Waals surface area contributed by atoms with Crippen LogP contribution in [0.1, 0.15) is 13.8 Å². The number of rotatable bonds is 9. The number of hydrogen-bond donors (Lipinski definition) is 0. The minimum absolute atomic E-state index is 0.616. The molecule has 0 atom stereocenters. The molecular weight excluding hydrogens is 218 g/mol. The molecule has 0 saturated carbocycles. The summed E-state index contributed by atoms with van der Waals surface area (Å²) in [5.41, 5.74) is 0. The zero-order valence-electron chi connectivity index (χ0n) is 12.5. The first-order chi connectivity index (χ1) is 7.90. The largest absolute Gasteiger partial charge is 0.325 e. The molecule has 5 nitrogen and oxygen atoms in total. The standard InChI is InChI=1S/C12H29N3O2/c1-8-16-12(14(5)6,17-9-2)15(7)11-10-13(3)4/h8-11H2,1-7H3. The number of likely N-dealkylation sites (N-methyl/N-ethyl adjacent to an activating group) is 2. The van der Waals surface area contributed by atoms with Gasteiger partial charge < -0.3 is 14.4 Å². The number of ether oxygens (including phenoxy) is 2. The maximum Gasteiger partial charge on any atom is 0.296 e. The maximum absolute atomic E-state index is 5.84. The quantitative estimate of drug-likeness (QED) is 0.560. The fourth-order valence-electron chi connectivity index (χ4n) is 1.73. The normalized spacial score (nSPS) is 13.1. The number of hydrogen-bond acceptors (Lipinski definition) is 5. The van der Waals surface area contributed by atoms with Crippen molar-refractivity contribution in [2.45, 2.75) is 19.9 Å². The lowest BCUT2D eigenvalue weighted by Crippen LogP contribution is -2.61. The van der Waals surface area contributed by atoms with Crippen LogP contribution in [-0.2, 0) is 9.47 Å². The summed E-state index contributed by atoms with van der Waals surface area (Å²) in [5, 5.41) is 0. The van der Waals surface area contributed by atoms with Crippen molar-refractivity contribution in [1.82, 2.24) is 14.7 Å². The molecule has 0 N–H and O–H groups in total. The first-order valence-electron chi connectivity index (χ1n) is 6.22. The Balaban J connectivity index is 4.72. The second-order valence-corrected chi connectivity index (χ2v) is 4.53. The Morgan fingerprint density at radius 3 is 1.59 bits per heavy atom. The van der Waals surface area contributed by atoms with Crippen LogP contribution in [0, 0.1) is 0 Å². The third-order valence-corrected chi connectivity index (χ3v) is 2.59. The van der Waals surface area contributed by atoms with Crippen molar-refractivity contribution in [3.63, 3.8) is 0 Å². The monoisotopic (exact) mass is 247 g/mol. The molecular formula is C12H29N3O2. The summed E-state index contributed by atoms with van der Waals surface area (Å²) in [6, 6.07) is -0.764. The van der Waals surface area contributed by atoms with E-state index in [0.717, 1.165) is 13.1 Å². The van der Waals surface area contributed by atoms with Crippen LogP contribution in [0.3, 0.4) is 0 Å².